The molecule has 0 saturated heterocycles. The highest BCUT2D eigenvalue weighted by atomic mass is 32.1. The molecule has 12 heteroatoms. The van der Waals surface area contributed by atoms with E-state index >= 15 is 0 Å². The highest BCUT2D eigenvalue weighted by Gasteiger charge is 2.31. The van der Waals surface area contributed by atoms with E-state index in [-0.39, 0.29) is 51.9 Å². The summed E-state index contributed by atoms with van der Waals surface area (Å²) in [4.78, 5) is 41.4. The highest BCUT2D eigenvalue weighted by Crippen LogP contribution is 2.33. The lowest BCUT2D eigenvalue weighted by atomic mass is 9.99. The number of nitriles is 1. The lowest BCUT2D eigenvalue weighted by molar-refractivity contribution is -0.143. The van der Waals surface area contributed by atoms with Gasteiger partial charge in [0.05, 0.1) is 36.1 Å². The highest BCUT2D eigenvalue weighted by molar-refractivity contribution is 7.18. The number of carbonyl (C=O) groups excluding carboxylic acids is 3. The minimum atomic E-state index is -1.48. The van der Waals surface area contributed by atoms with Crippen molar-refractivity contribution >= 4 is 40.1 Å². The number of carbonyl (C=O) groups is 3. The van der Waals surface area contributed by atoms with Crippen molar-refractivity contribution in [3.8, 4) is 16.6 Å². The van der Waals surface area contributed by atoms with Crippen molar-refractivity contribution in [2.45, 2.75) is 19.8 Å². The Morgan fingerprint density at radius 2 is 1.85 bits per heavy atom. The molecule has 2 heterocycles. The molecule has 0 aliphatic rings. The van der Waals surface area contributed by atoms with Crippen LogP contribution in [-0.4, -0.2) is 46.2 Å². The van der Waals surface area contributed by atoms with E-state index in [2.05, 4.69) is 20.5 Å². The minimum Gasteiger partial charge on any atom is -0.465 e. The molecule has 3 rings (SSSR count). The number of nitrogens with zero attached hydrogens (tertiary/aromatic N) is 4. The zero-order valence-electron chi connectivity index (χ0n) is 18.3. The number of pyridine rings is 1. The number of hydrogen-bond acceptors (Lipinski definition) is 11. The van der Waals surface area contributed by atoms with Gasteiger partial charge in [0.25, 0.3) is 5.91 Å². The lowest BCUT2D eigenvalue weighted by Crippen LogP contribution is -2.21. The number of rotatable bonds is 8. The first-order valence-electron chi connectivity index (χ1n) is 10.1. The Labute approximate surface area is 198 Å². The first kappa shape index (κ1) is 24.3. The average Bonchev–Trinajstić information content (AvgIpc) is 3.28. The van der Waals surface area contributed by atoms with E-state index in [4.69, 9.17) is 15.2 Å². The second kappa shape index (κ2) is 11.0. The molecule has 1 unspecified atom stereocenters. The number of amides is 1. The van der Waals surface area contributed by atoms with Crippen LogP contribution in [0.1, 0.15) is 46.2 Å². The quantitative estimate of drug-likeness (QED) is 0.457. The van der Waals surface area contributed by atoms with Crippen molar-refractivity contribution in [1.82, 2.24) is 15.2 Å². The summed E-state index contributed by atoms with van der Waals surface area (Å²) < 4.78 is 9.99. The Hall–Kier alpha value is -4.37. The first-order valence-corrected chi connectivity index (χ1v) is 10.9. The van der Waals surface area contributed by atoms with Crippen LogP contribution in [0, 0.1) is 11.3 Å². The lowest BCUT2D eigenvalue weighted by Gasteiger charge is -2.14. The number of anilines is 2. The van der Waals surface area contributed by atoms with Gasteiger partial charge in [-0.15, -0.1) is 10.2 Å². The van der Waals surface area contributed by atoms with Gasteiger partial charge in [-0.3, -0.25) is 14.9 Å². The van der Waals surface area contributed by atoms with Gasteiger partial charge in [0.1, 0.15) is 5.82 Å². The summed E-state index contributed by atoms with van der Waals surface area (Å²) in [6, 6.07) is 11.7. The molecule has 0 aliphatic carbocycles. The number of nitrogens with two attached hydrogens (primary N) is 1. The van der Waals surface area contributed by atoms with Crippen LogP contribution in [0.3, 0.4) is 0 Å². The summed E-state index contributed by atoms with van der Waals surface area (Å²) in [5, 5.41) is 20.6. The molecule has 1 atom stereocenters. The summed E-state index contributed by atoms with van der Waals surface area (Å²) in [5.41, 5.74) is 6.45. The maximum absolute atomic E-state index is 12.6. The molecule has 0 saturated carbocycles. The van der Waals surface area contributed by atoms with E-state index in [1.165, 1.54) is 6.07 Å². The van der Waals surface area contributed by atoms with E-state index in [1.807, 2.05) is 0 Å². The number of benzene rings is 1. The van der Waals surface area contributed by atoms with E-state index < -0.39 is 17.9 Å². The maximum Gasteiger partial charge on any atom is 0.340 e. The molecule has 0 radical (unpaired) electrons. The fraction of sp³-hybridized carbons (Fsp3) is 0.227. The molecule has 2 aromatic heterocycles. The summed E-state index contributed by atoms with van der Waals surface area (Å²) in [6.45, 7) is 3.31. The Morgan fingerprint density at radius 1 is 1.15 bits per heavy atom. The predicted octanol–water partition coefficient (Wildman–Crippen LogP) is 2.78. The second-order valence-electron chi connectivity index (χ2n) is 6.62. The Balaban J connectivity index is 1.99. The van der Waals surface area contributed by atoms with Crippen LogP contribution in [0.25, 0.3) is 10.6 Å². The number of aromatic nitrogens is 3. The van der Waals surface area contributed by atoms with Crippen LogP contribution in [0.5, 0.6) is 0 Å². The Morgan fingerprint density at radius 3 is 2.50 bits per heavy atom. The van der Waals surface area contributed by atoms with Crippen molar-refractivity contribution < 1.29 is 23.9 Å². The van der Waals surface area contributed by atoms with Gasteiger partial charge < -0.3 is 15.2 Å². The number of nitrogens with one attached hydrogen (secondary N) is 1. The fourth-order valence-corrected chi connectivity index (χ4v) is 3.66. The number of hydrogen-bond donors (Lipinski definition) is 2. The predicted molar refractivity (Wildman–Crippen MR) is 123 cm³/mol. The molecule has 0 spiro atoms. The number of esters is 2. The molecule has 1 amide bonds. The van der Waals surface area contributed by atoms with Crippen LogP contribution in [0.15, 0.2) is 36.4 Å². The van der Waals surface area contributed by atoms with E-state index in [0.717, 1.165) is 11.3 Å². The zero-order valence-corrected chi connectivity index (χ0v) is 19.1. The molecule has 0 fully saturated rings. The van der Waals surface area contributed by atoms with Crippen LogP contribution in [-0.2, 0) is 14.3 Å². The van der Waals surface area contributed by atoms with Gasteiger partial charge >= 0.3 is 11.9 Å². The van der Waals surface area contributed by atoms with Crippen molar-refractivity contribution in [1.29, 1.82) is 5.26 Å². The fourth-order valence-electron chi connectivity index (χ4n) is 2.90. The smallest absolute Gasteiger partial charge is 0.340 e. The Bertz CT molecular complexity index is 1250. The van der Waals surface area contributed by atoms with E-state index in [0.29, 0.717) is 5.56 Å². The van der Waals surface area contributed by atoms with Crippen molar-refractivity contribution in [2.75, 3.05) is 24.3 Å². The maximum atomic E-state index is 12.6. The molecule has 174 valence electrons. The molecule has 34 heavy (non-hydrogen) atoms. The largest absolute Gasteiger partial charge is 0.465 e. The van der Waals surface area contributed by atoms with E-state index in [1.54, 1.807) is 50.2 Å². The van der Waals surface area contributed by atoms with Crippen LogP contribution in [0.2, 0.25) is 0 Å². The molecule has 0 bridgehead atoms. The van der Waals surface area contributed by atoms with Gasteiger partial charge in [-0.2, -0.15) is 5.26 Å². The number of ether oxygens (including phenoxy) is 2. The van der Waals surface area contributed by atoms with Crippen LogP contribution < -0.4 is 11.1 Å². The molecule has 1 aromatic carbocycles. The summed E-state index contributed by atoms with van der Waals surface area (Å²) in [6.07, 6.45) is 0. The number of nitrogen functional groups attached to an aromatic ring is 1. The van der Waals surface area contributed by atoms with Gasteiger partial charge in [-0.05, 0) is 32.0 Å². The molecule has 3 aromatic rings. The Kier molecular flexibility index (Phi) is 7.83. The minimum absolute atomic E-state index is 0.0432. The molecule has 11 nitrogen and oxygen atoms in total. The van der Waals surface area contributed by atoms with Crippen molar-refractivity contribution in [3.63, 3.8) is 0 Å². The van der Waals surface area contributed by atoms with Gasteiger partial charge in [0.15, 0.2) is 10.9 Å². The second-order valence-corrected chi connectivity index (χ2v) is 7.60. The monoisotopic (exact) mass is 480 g/mol. The third kappa shape index (κ3) is 5.33. The molecular weight excluding hydrogens is 460 g/mol. The van der Waals surface area contributed by atoms with Gasteiger partial charge in [0.2, 0.25) is 5.13 Å². The molecule has 3 N–H and O–H groups in total. The summed E-state index contributed by atoms with van der Waals surface area (Å²) in [5.74, 6) is -3.60. The van der Waals surface area contributed by atoms with Crippen molar-refractivity contribution in [2.24, 2.45) is 0 Å². The first-order chi connectivity index (χ1) is 16.4. The zero-order chi connectivity index (χ0) is 24.7. The SMILES string of the molecule is CCOC(=O)c1cc(-c2nnc(NC(=O)c3ccccc3)s2)c(N)nc1C(C#N)C(=O)OCC. The van der Waals surface area contributed by atoms with Crippen LogP contribution in [0.4, 0.5) is 10.9 Å². The van der Waals surface area contributed by atoms with Gasteiger partial charge in [0, 0.05) is 5.56 Å². The third-order valence-corrected chi connectivity index (χ3v) is 5.29. The van der Waals surface area contributed by atoms with Crippen molar-refractivity contribution in [3.05, 3.63) is 53.2 Å². The molecule has 0 aliphatic heterocycles. The van der Waals surface area contributed by atoms with Crippen LogP contribution >= 0.6 is 11.3 Å². The topological polar surface area (TPSA) is 170 Å². The average molecular weight is 481 g/mol. The standard InChI is InChI=1S/C22H20N6O5S/c1-3-32-20(30)13-10-14(17(24)25-16(13)15(11-23)21(31)33-4-2)19-27-28-22(34-19)26-18(29)12-8-6-5-7-9-12/h5-10,15H,3-4H2,1-2H3,(H2,24,25)(H,26,28,29). The summed E-state index contributed by atoms with van der Waals surface area (Å²) >= 11 is 1.01. The van der Waals surface area contributed by atoms with E-state index in [9.17, 15) is 19.6 Å². The summed E-state index contributed by atoms with van der Waals surface area (Å²) in [7, 11) is 0. The van der Waals surface area contributed by atoms with Gasteiger partial charge in [-0.1, -0.05) is 29.5 Å². The normalized spacial score (nSPS) is 11.2. The molecular formula is C22H20N6O5S. The third-order valence-electron chi connectivity index (χ3n) is 4.41. The van der Waals surface area contributed by atoms with Gasteiger partial charge in [-0.25, -0.2) is 9.78 Å².